The van der Waals surface area contributed by atoms with Crippen molar-refractivity contribution >= 4 is 39.6 Å². The summed E-state index contributed by atoms with van der Waals surface area (Å²) in [5.41, 5.74) is 2.96. The van der Waals surface area contributed by atoms with E-state index < -0.39 is 5.60 Å². The van der Waals surface area contributed by atoms with Crippen LogP contribution in [-0.2, 0) is 27.2 Å². The van der Waals surface area contributed by atoms with E-state index in [4.69, 9.17) is 9.72 Å². The molecule has 0 radical (unpaired) electrons. The van der Waals surface area contributed by atoms with Gasteiger partial charge in [0, 0.05) is 21.5 Å². The molecule has 1 aliphatic carbocycles. The largest absolute Gasteiger partial charge is 0.459 e. The van der Waals surface area contributed by atoms with Crippen LogP contribution in [0.15, 0.2) is 5.38 Å². The minimum atomic E-state index is -0.522. The molecule has 2 aromatic heterocycles. The quantitative estimate of drug-likeness (QED) is 0.648. The Kier molecular flexibility index (Phi) is 6.51. The maximum absolute atomic E-state index is 13.3. The normalized spacial score (nSPS) is 19.3. The second kappa shape index (κ2) is 9.00. The number of nitrogens with zero attached hydrogens (tertiary/aromatic N) is 2. The smallest absolute Gasteiger partial charge is 0.320 e. The van der Waals surface area contributed by atoms with Crippen LogP contribution in [0.2, 0.25) is 0 Å². The Morgan fingerprint density at radius 3 is 2.74 bits per heavy atom. The molecule has 3 heterocycles. The molecule has 2 aliphatic rings. The molecule has 1 aliphatic heterocycles. The summed E-state index contributed by atoms with van der Waals surface area (Å²) < 4.78 is 5.46. The number of carbonyl (C=O) groups excluding carboxylic acids is 2. The number of aromatic nitrogens is 1. The van der Waals surface area contributed by atoms with Gasteiger partial charge in [-0.1, -0.05) is 0 Å². The van der Waals surface area contributed by atoms with E-state index in [0.29, 0.717) is 0 Å². The Morgan fingerprint density at radius 1 is 1.26 bits per heavy atom. The number of amides is 1. The topological polar surface area (TPSA) is 71.5 Å². The van der Waals surface area contributed by atoms with Crippen molar-refractivity contribution in [3.8, 4) is 10.6 Å². The number of carbonyl (C=O) groups is 2. The highest BCUT2D eigenvalue weighted by Crippen LogP contribution is 2.45. The molecule has 1 N–H and O–H groups in total. The minimum Gasteiger partial charge on any atom is -0.459 e. The van der Waals surface area contributed by atoms with Crippen molar-refractivity contribution in [2.24, 2.45) is 0 Å². The maximum Gasteiger partial charge on any atom is 0.320 e. The van der Waals surface area contributed by atoms with Gasteiger partial charge in [0.05, 0.1) is 12.6 Å². The number of likely N-dealkylation sites (tertiary alicyclic amines) is 1. The average molecular weight is 462 g/mol. The van der Waals surface area contributed by atoms with Gasteiger partial charge < -0.3 is 10.1 Å². The van der Waals surface area contributed by atoms with Crippen molar-refractivity contribution in [1.29, 1.82) is 0 Å². The molecule has 1 unspecified atom stereocenters. The number of fused-ring (bicyclic) bond motifs is 1. The van der Waals surface area contributed by atoms with Gasteiger partial charge in [-0.2, -0.15) is 0 Å². The van der Waals surface area contributed by atoms with Crippen molar-refractivity contribution < 1.29 is 14.3 Å². The second-order valence-corrected chi connectivity index (χ2v) is 11.4. The number of ether oxygens (including phenoxy) is 1. The molecule has 0 saturated carbocycles. The van der Waals surface area contributed by atoms with Crippen LogP contribution in [0.4, 0.5) is 5.00 Å². The van der Waals surface area contributed by atoms with Crippen LogP contribution in [0.3, 0.4) is 0 Å². The second-order valence-electron chi connectivity index (χ2n) is 9.41. The standard InChI is InChI=1S/C23H31N3O3S2/c1-14-13-30-21(24-14)19-15-8-5-6-10-17(15)31-22(19)25-20(28)16-9-7-11-26(16)12-18(27)29-23(2,3)4/h13,16H,5-12H2,1-4H3,(H,25,28). The fraction of sp³-hybridized carbons (Fsp3) is 0.609. The van der Waals surface area contributed by atoms with Gasteiger partial charge in [0.25, 0.3) is 0 Å². The average Bonchev–Trinajstić information content (AvgIpc) is 3.38. The van der Waals surface area contributed by atoms with Gasteiger partial charge in [-0.15, -0.1) is 22.7 Å². The SMILES string of the molecule is Cc1csc(-c2c(NC(=O)C3CCCN3CC(=O)OC(C)(C)C)sc3c2CCCC3)n1. The Balaban J connectivity index is 1.53. The molecule has 168 valence electrons. The number of nitrogens with one attached hydrogen (secondary N) is 1. The highest BCUT2D eigenvalue weighted by Gasteiger charge is 2.34. The van der Waals surface area contributed by atoms with E-state index in [1.54, 1.807) is 22.7 Å². The number of thiazole rings is 1. The first kappa shape index (κ1) is 22.4. The van der Waals surface area contributed by atoms with Crippen molar-refractivity contribution in [3.05, 3.63) is 21.5 Å². The Hall–Kier alpha value is -1.77. The monoisotopic (exact) mass is 461 g/mol. The zero-order chi connectivity index (χ0) is 22.2. The first-order valence-electron chi connectivity index (χ1n) is 11.0. The van der Waals surface area contributed by atoms with Gasteiger partial charge in [-0.25, -0.2) is 4.98 Å². The van der Waals surface area contributed by atoms with Crippen molar-refractivity contribution in [3.63, 3.8) is 0 Å². The zero-order valence-electron chi connectivity index (χ0n) is 18.7. The van der Waals surface area contributed by atoms with Crippen molar-refractivity contribution in [2.75, 3.05) is 18.4 Å². The lowest BCUT2D eigenvalue weighted by molar-refractivity contribution is -0.156. The van der Waals surface area contributed by atoms with Crippen LogP contribution in [0.25, 0.3) is 10.6 Å². The van der Waals surface area contributed by atoms with Gasteiger partial charge in [-0.05, 0) is 78.3 Å². The Bertz CT molecular complexity index is 973. The fourth-order valence-electron chi connectivity index (χ4n) is 4.40. The molecule has 1 atom stereocenters. The van der Waals surface area contributed by atoms with Crippen LogP contribution < -0.4 is 5.32 Å². The predicted octanol–water partition coefficient (Wildman–Crippen LogP) is 4.80. The molecule has 0 spiro atoms. The van der Waals surface area contributed by atoms with Gasteiger partial charge in [-0.3, -0.25) is 14.5 Å². The Morgan fingerprint density at radius 2 is 2.03 bits per heavy atom. The number of rotatable bonds is 5. The maximum atomic E-state index is 13.3. The summed E-state index contributed by atoms with van der Waals surface area (Å²) in [5, 5.41) is 7.19. The molecule has 0 bridgehead atoms. The molecule has 1 fully saturated rings. The number of hydrogen-bond donors (Lipinski definition) is 1. The van der Waals surface area contributed by atoms with E-state index in [0.717, 1.165) is 53.5 Å². The number of hydrogen-bond acceptors (Lipinski definition) is 7. The highest BCUT2D eigenvalue weighted by atomic mass is 32.1. The molecule has 1 saturated heterocycles. The summed E-state index contributed by atoms with van der Waals surface area (Å²) in [6, 6.07) is -0.308. The lowest BCUT2D eigenvalue weighted by Gasteiger charge is -2.25. The summed E-state index contributed by atoms with van der Waals surface area (Å²) in [5.74, 6) is -0.313. The predicted molar refractivity (Wildman–Crippen MR) is 126 cm³/mol. The van der Waals surface area contributed by atoms with E-state index >= 15 is 0 Å². The molecule has 8 heteroatoms. The molecule has 0 aromatic carbocycles. The van der Waals surface area contributed by atoms with E-state index in [2.05, 4.69) is 10.7 Å². The van der Waals surface area contributed by atoms with E-state index in [-0.39, 0.29) is 24.5 Å². The summed E-state index contributed by atoms with van der Waals surface area (Å²) in [4.78, 5) is 33.6. The highest BCUT2D eigenvalue weighted by molar-refractivity contribution is 7.18. The number of thiophene rings is 1. The molecule has 4 rings (SSSR count). The lowest BCUT2D eigenvalue weighted by Crippen LogP contribution is -2.43. The zero-order valence-corrected chi connectivity index (χ0v) is 20.4. The van der Waals surface area contributed by atoms with Crippen LogP contribution in [0, 0.1) is 6.92 Å². The molecular weight excluding hydrogens is 430 g/mol. The first-order valence-corrected chi connectivity index (χ1v) is 12.7. The molecular formula is C23H31N3O3S2. The third-order valence-corrected chi connectivity index (χ3v) is 7.84. The van der Waals surface area contributed by atoms with Gasteiger partial charge in [0.1, 0.15) is 15.6 Å². The van der Waals surface area contributed by atoms with E-state index in [1.807, 2.05) is 32.6 Å². The van der Waals surface area contributed by atoms with E-state index in [9.17, 15) is 9.59 Å². The summed E-state index contributed by atoms with van der Waals surface area (Å²) >= 11 is 3.34. The molecule has 6 nitrogen and oxygen atoms in total. The van der Waals surface area contributed by atoms with Crippen LogP contribution in [-0.4, -0.2) is 46.5 Å². The third kappa shape index (κ3) is 5.18. The van der Waals surface area contributed by atoms with Crippen LogP contribution >= 0.6 is 22.7 Å². The minimum absolute atomic E-state index is 0.0332. The first-order chi connectivity index (χ1) is 14.7. The molecule has 2 aromatic rings. The van der Waals surface area contributed by atoms with Crippen molar-refractivity contribution in [2.45, 2.75) is 77.9 Å². The van der Waals surface area contributed by atoms with E-state index in [1.165, 1.54) is 23.3 Å². The Labute approximate surface area is 192 Å². The lowest BCUT2D eigenvalue weighted by atomic mass is 9.95. The van der Waals surface area contributed by atoms with Gasteiger partial charge >= 0.3 is 5.97 Å². The summed E-state index contributed by atoms with van der Waals surface area (Å²) in [7, 11) is 0. The van der Waals surface area contributed by atoms with Gasteiger partial charge in [0.15, 0.2) is 0 Å². The fourth-order valence-corrected chi connectivity index (χ4v) is 6.63. The summed E-state index contributed by atoms with van der Waals surface area (Å²) in [6.07, 6.45) is 6.15. The number of anilines is 1. The van der Waals surface area contributed by atoms with Crippen LogP contribution in [0.1, 0.15) is 62.6 Å². The summed E-state index contributed by atoms with van der Waals surface area (Å²) in [6.45, 7) is 8.47. The van der Waals surface area contributed by atoms with Crippen LogP contribution in [0.5, 0.6) is 0 Å². The molecule has 31 heavy (non-hydrogen) atoms. The molecule has 1 amide bonds. The van der Waals surface area contributed by atoms with Crippen molar-refractivity contribution in [1.82, 2.24) is 9.88 Å². The number of aryl methyl sites for hydroxylation is 2. The third-order valence-electron chi connectivity index (χ3n) is 5.66. The van der Waals surface area contributed by atoms with Gasteiger partial charge in [0.2, 0.25) is 5.91 Å². The number of esters is 1.